The molecule has 0 saturated carbocycles. The maximum Gasteiger partial charge on any atom is 0.178 e. The van der Waals surface area contributed by atoms with Crippen molar-refractivity contribution in [3.63, 3.8) is 0 Å². The summed E-state index contributed by atoms with van der Waals surface area (Å²) in [5.74, 6) is 0. The average Bonchev–Trinajstić information content (AvgIpc) is 2.78. The Labute approximate surface area is 128 Å². The Morgan fingerprint density at radius 3 is 2.65 bits per heavy atom. The van der Waals surface area contributed by atoms with Crippen molar-refractivity contribution in [2.75, 3.05) is 0 Å². The van der Waals surface area contributed by atoms with Gasteiger partial charge in [-0.3, -0.25) is 0 Å². The van der Waals surface area contributed by atoms with Crippen LogP contribution in [0, 0.1) is 4.77 Å². The molecule has 0 aliphatic rings. The number of para-hydroxylation sites is 1. The first-order chi connectivity index (χ1) is 9.66. The minimum absolute atomic E-state index is 0.275. The molecular weight excluding hydrogens is 288 g/mol. The molecule has 0 aliphatic heterocycles. The zero-order valence-electron chi connectivity index (χ0n) is 11.1. The number of aromatic amines is 1. The van der Waals surface area contributed by atoms with Crippen LogP contribution < -0.4 is 0 Å². The van der Waals surface area contributed by atoms with Gasteiger partial charge >= 0.3 is 0 Å². The maximum absolute atomic E-state index is 6.22. The number of nitrogens with zero attached hydrogens (tertiary/aromatic N) is 1. The molecule has 2 nitrogen and oxygen atoms in total. The normalized spacial score (nSPS) is 12.7. The van der Waals surface area contributed by atoms with E-state index in [4.69, 9.17) is 23.8 Å². The van der Waals surface area contributed by atoms with Gasteiger partial charge in [0.1, 0.15) is 0 Å². The highest BCUT2D eigenvalue weighted by molar-refractivity contribution is 7.71. The van der Waals surface area contributed by atoms with E-state index in [0.717, 1.165) is 22.2 Å². The van der Waals surface area contributed by atoms with Crippen molar-refractivity contribution < 1.29 is 0 Å². The predicted octanol–water partition coefficient (Wildman–Crippen LogP) is 5.16. The van der Waals surface area contributed by atoms with Gasteiger partial charge in [-0.05, 0) is 43.3 Å². The molecule has 1 N–H and O–H groups in total. The van der Waals surface area contributed by atoms with Crippen LogP contribution in [0.4, 0.5) is 0 Å². The second-order valence-electron chi connectivity index (χ2n) is 4.97. The smallest absolute Gasteiger partial charge is 0.178 e. The fourth-order valence-electron chi connectivity index (χ4n) is 2.60. The summed E-state index contributed by atoms with van der Waals surface area (Å²) in [5, 5.41) is 0.708. The van der Waals surface area contributed by atoms with E-state index in [9.17, 15) is 0 Å². The first-order valence-electron chi connectivity index (χ1n) is 6.59. The van der Waals surface area contributed by atoms with Crippen LogP contribution in [0.3, 0.4) is 0 Å². The van der Waals surface area contributed by atoms with Crippen LogP contribution in [0.25, 0.3) is 11.0 Å². The number of hydrogen-bond acceptors (Lipinski definition) is 1. The summed E-state index contributed by atoms with van der Waals surface area (Å²) in [5.41, 5.74) is 3.28. The SMILES string of the molecule is CC(Cc1ccccc1)n1c(=S)[nH]c2c(Cl)cccc21. The van der Waals surface area contributed by atoms with Crippen molar-refractivity contribution in [3.05, 3.63) is 63.9 Å². The van der Waals surface area contributed by atoms with Crippen LogP contribution in [0.5, 0.6) is 0 Å². The van der Waals surface area contributed by atoms with Crippen LogP contribution in [0.2, 0.25) is 5.02 Å². The molecule has 3 rings (SSSR count). The first kappa shape index (κ1) is 13.4. The molecule has 1 unspecified atom stereocenters. The number of rotatable bonds is 3. The van der Waals surface area contributed by atoms with Crippen molar-refractivity contribution in [3.8, 4) is 0 Å². The quantitative estimate of drug-likeness (QED) is 0.663. The van der Waals surface area contributed by atoms with Gasteiger partial charge in [0.2, 0.25) is 0 Å². The summed E-state index contributed by atoms with van der Waals surface area (Å²) in [6.07, 6.45) is 0.939. The van der Waals surface area contributed by atoms with Gasteiger partial charge in [0.05, 0.1) is 16.1 Å². The molecule has 0 fully saturated rings. The van der Waals surface area contributed by atoms with Gasteiger partial charge in [-0.1, -0.05) is 48.0 Å². The highest BCUT2D eigenvalue weighted by atomic mass is 35.5. The molecule has 20 heavy (non-hydrogen) atoms. The summed E-state index contributed by atoms with van der Waals surface area (Å²) in [6.45, 7) is 2.18. The van der Waals surface area contributed by atoms with Crippen LogP contribution in [-0.2, 0) is 6.42 Å². The lowest BCUT2D eigenvalue weighted by Gasteiger charge is -2.14. The van der Waals surface area contributed by atoms with Gasteiger partial charge in [-0.15, -0.1) is 0 Å². The van der Waals surface area contributed by atoms with Gasteiger partial charge in [-0.25, -0.2) is 0 Å². The summed E-state index contributed by atoms with van der Waals surface area (Å²) >= 11 is 11.7. The van der Waals surface area contributed by atoms with Gasteiger partial charge in [0.15, 0.2) is 4.77 Å². The van der Waals surface area contributed by atoms with Gasteiger partial charge in [-0.2, -0.15) is 0 Å². The monoisotopic (exact) mass is 302 g/mol. The molecule has 1 atom stereocenters. The van der Waals surface area contributed by atoms with E-state index in [-0.39, 0.29) is 6.04 Å². The molecule has 0 spiro atoms. The molecule has 102 valence electrons. The summed E-state index contributed by atoms with van der Waals surface area (Å²) in [6, 6.07) is 16.6. The minimum atomic E-state index is 0.275. The molecule has 0 amide bonds. The highest BCUT2D eigenvalue weighted by Gasteiger charge is 2.13. The van der Waals surface area contributed by atoms with Crippen molar-refractivity contribution in [1.29, 1.82) is 0 Å². The summed E-state index contributed by atoms with van der Waals surface area (Å²) < 4.78 is 2.86. The number of imidazole rings is 1. The third-order valence-corrected chi connectivity index (χ3v) is 4.13. The second-order valence-corrected chi connectivity index (χ2v) is 5.77. The van der Waals surface area contributed by atoms with Crippen molar-refractivity contribution in [2.24, 2.45) is 0 Å². The van der Waals surface area contributed by atoms with Crippen molar-refractivity contribution >= 4 is 34.9 Å². The minimum Gasteiger partial charge on any atom is -0.329 e. The van der Waals surface area contributed by atoms with E-state index >= 15 is 0 Å². The van der Waals surface area contributed by atoms with E-state index in [0.29, 0.717) is 5.02 Å². The fourth-order valence-corrected chi connectivity index (χ4v) is 3.20. The Balaban J connectivity index is 2.04. The number of benzene rings is 2. The Morgan fingerprint density at radius 2 is 1.90 bits per heavy atom. The Bertz CT molecular complexity index is 789. The largest absolute Gasteiger partial charge is 0.329 e. The zero-order chi connectivity index (χ0) is 14.1. The molecule has 0 bridgehead atoms. The molecule has 2 aromatic carbocycles. The molecule has 1 heterocycles. The topological polar surface area (TPSA) is 20.7 Å². The molecular formula is C16H15ClN2S. The lowest BCUT2D eigenvalue weighted by Crippen LogP contribution is -2.08. The van der Waals surface area contributed by atoms with Crippen LogP contribution >= 0.6 is 23.8 Å². The summed E-state index contributed by atoms with van der Waals surface area (Å²) in [4.78, 5) is 3.21. The third kappa shape index (κ3) is 2.39. The molecule has 3 aromatic rings. The number of nitrogens with one attached hydrogen (secondary N) is 1. The third-order valence-electron chi connectivity index (χ3n) is 3.52. The summed E-state index contributed by atoms with van der Waals surface area (Å²) in [7, 11) is 0. The van der Waals surface area contributed by atoms with Crippen molar-refractivity contribution in [1.82, 2.24) is 9.55 Å². The van der Waals surface area contributed by atoms with Gasteiger partial charge in [0.25, 0.3) is 0 Å². The van der Waals surface area contributed by atoms with Gasteiger partial charge < -0.3 is 9.55 Å². The molecule has 1 aromatic heterocycles. The second kappa shape index (κ2) is 5.43. The van der Waals surface area contributed by atoms with Crippen LogP contribution in [0.1, 0.15) is 18.5 Å². The standard InChI is InChI=1S/C16H15ClN2S/c1-11(10-12-6-3-2-4-7-12)19-14-9-5-8-13(17)15(14)18-16(19)20/h2-9,11H,10H2,1H3,(H,18,20). The molecule has 4 heteroatoms. The van der Waals surface area contributed by atoms with Gasteiger partial charge in [0, 0.05) is 6.04 Å². The van der Waals surface area contributed by atoms with E-state index in [2.05, 4.69) is 46.8 Å². The Hall–Kier alpha value is -1.58. The number of aromatic nitrogens is 2. The molecule has 0 saturated heterocycles. The van der Waals surface area contributed by atoms with E-state index in [1.807, 2.05) is 18.2 Å². The number of halogens is 1. The van der Waals surface area contributed by atoms with Crippen molar-refractivity contribution in [2.45, 2.75) is 19.4 Å². The number of hydrogen-bond donors (Lipinski definition) is 1. The lowest BCUT2D eigenvalue weighted by molar-refractivity contribution is 0.553. The lowest BCUT2D eigenvalue weighted by atomic mass is 10.1. The Morgan fingerprint density at radius 1 is 1.15 bits per heavy atom. The molecule has 0 radical (unpaired) electrons. The fraction of sp³-hybridized carbons (Fsp3) is 0.188. The average molecular weight is 303 g/mol. The Kier molecular flexibility index (Phi) is 3.64. The maximum atomic E-state index is 6.22. The molecule has 0 aliphatic carbocycles. The van der Waals surface area contributed by atoms with E-state index in [1.54, 1.807) is 0 Å². The number of H-pyrrole nitrogens is 1. The number of fused-ring (bicyclic) bond motifs is 1. The van der Waals surface area contributed by atoms with E-state index in [1.165, 1.54) is 5.56 Å². The predicted molar refractivity (Wildman–Crippen MR) is 87.0 cm³/mol. The van der Waals surface area contributed by atoms with Crippen LogP contribution in [-0.4, -0.2) is 9.55 Å². The first-order valence-corrected chi connectivity index (χ1v) is 7.38. The van der Waals surface area contributed by atoms with E-state index < -0.39 is 0 Å². The highest BCUT2D eigenvalue weighted by Crippen LogP contribution is 2.26. The van der Waals surface area contributed by atoms with Crippen LogP contribution in [0.15, 0.2) is 48.5 Å². The zero-order valence-corrected chi connectivity index (χ0v) is 12.7.